The molecule has 5 aliphatic rings. The number of hydrogen-bond acceptors (Lipinski definition) is 3. The lowest BCUT2D eigenvalue weighted by atomic mass is 9.41. The molecule has 0 N–H and O–H groups in total. The number of ether oxygens (including phenoxy) is 1. The molecule has 0 radical (unpaired) electrons. The quantitative estimate of drug-likeness (QED) is 0.357. The highest BCUT2D eigenvalue weighted by atomic mass is 16.5. The van der Waals surface area contributed by atoms with E-state index in [0.29, 0.717) is 47.9 Å². The van der Waals surface area contributed by atoms with Crippen molar-refractivity contribution in [3.63, 3.8) is 0 Å². The zero-order valence-electron chi connectivity index (χ0n) is 25.3. The van der Waals surface area contributed by atoms with E-state index in [9.17, 15) is 9.59 Å². The Kier molecular flexibility index (Phi) is 6.64. The summed E-state index contributed by atoms with van der Waals surface area (Å²) in [6.45, 7) is 22.5. The predicted molar refractivity (Wildman–Crippen MR) is 150 cm³/mol. The molecule has 3 saturated carbocycles. The van der Waals surface area contributed by atoms with Gasteiger partial charge in [-0.15, -0.1) is 0 Å². The Balaban J connectivity index is 1.43. The lowest BCUT2D eigenvalue weighted by Gasteiger charge is -2.62. The fourth-order valence-electron chi connectivity index (χ4n) is 10.8. The summed E-state index contributed by atoms with van der Waals surface area (Å²) in [6, 6.07) is 0. The molecule has 0 aromatic heterocycles. The molecule has 0 amide bonds. The summed E-state index contributed by atoms with van der Waals surface area (Å²) in [4.78, 5) is 26.0. The number of rotatable bonds is 4. The summed E-state index contributed by atoms with van der Waals surface area (Å²) >= 11 is 0. The maximum absolute atomic E-state index is 13.7. The number of esters is 1. The minimum Gasteiger partial charge on any atom is -0.465 e. The molecule has 4 aliphatic carbocycles. The molecule has 1 heterocycles. The van der Waals surface area contributed by atoms with E-state index in [2.05, 4.69) is 68.4 Å². The minimum absolute atomic E-state index is 0.00731. The molecular weight excluding hydrogens is 456 g/mol. The van der Waals surface area contributed by atoms with Gasteiger partial charge in [-0.25, -0.2) is 0 Å². The van der Waals surface area contributed by atoms with Gasteiger partial charge in [0.2, 0.25) is 0 Å². The first kappa shape index (κ1) is 27.4. The van der Waals surface area contributed by atoms with Gasteiger partial charge in [-0.3, -0.25) is 9.59 Å². The van der Waals surface area contributed by atoms with E-state index in [1.165, 1.54) is 37.7 Å². The van der Waals surface area contributed by atoms with Crippen LogP contribution in [0, 0.1) is 69.0 Å². The van der Waals surface area contributed by atoms with Crippen molar-refractivity contribution in [1.82, 2.24) is 0 Å². The average Bonchev–Trinajstić information content (AvgIpc) is 3.11. The number of carbonyl (C=O) groups is 2. The Hall–Kier alpha value is -1.12. The third-order valence-electron chi connectivity index (χ3n) is 14.1. The lowest BCUT2D eigenvalue weighted by molar-refractivity contribution is -0.156. The summed E-state index contributed by atoms with van der Waals surface area (Å²) in [5, 5.41) is 0. The molecule has 0 spiro atoms. The highest BCUT2D eigenvalue weighted by Crippen LogP contribution is 2.74. The first-order valence-electron chi connectivity index (χ1n) is 15.6. The Bertz CT molecular complexity index is 978. The summed E-state index contributed by atoms with van der Waals surface area (Å²) in [5.74, 6) is 4.17. The molecule has 208 valence electrons. The van der Waals surface area contributed by atoms with Crippen LogP contribution in [0.4, 0.5) is 0 Å². The van der Waals surface area contributed by atoms with Crippen molar-refractivity contribution in [3.8, 4) is 0 Å². The van der Waals surface area contributed by atoms with E-state index in [1.54, 1.807) is 0 Å². The van der Waals surface area contributed by atoms with E-state index in [1.807, 2.05) is 0 Å². The second-order valence-electron chi connectivity index (χ2n) is 15.8. The summed E-state index contributed by atoms with van der Waals surface area (Å²) in [5.41, 5.74) is 2.16. The molecule has 1 saturated heterocycles. The zero-order chi connectivity index (χ0) is 27.1. The van der Waals surface area contributed by atoms with E-state index < -0.39 is 0 Å². The maximum Gasteiger partial charge on any atom is 0.308 e. The first-order chi connectivity index (χ1) is 17.2. The van der Waals surface area contributed by atoms with Gasteiger partial charge >= 0.3 is 5.97 Å². The van der Waals surface area contributed by atoms with Gasteiger partial charge in [-0.1, -0.05) is 67.9 Å². The van der Waals surface area contributed by atoms with Crippen LogP contribution in [0.15, 0.2) is 11.6 Å². The molecule has 2 unspecified atom stereocenters. The number of ketones is 1. The highest BCUT2D eigenvalue weighted by Gasteiger charge is 2.66. The van der Waals surface area contributed by atoms with Crippen molar-refractivity contribution >= 4 is 11.8 Å². The van der Waals surface area contributed by atoms with Crippen LogP contribution < -0.4 is 0 Å². The van der Waals surface area contributed by atoms with Crippen LogP contribution in [-0.4, -0.2) is 18.4 Å². The smallest absolute Gasteiger partial charge is 0.308 e. The third kappa shape index (κ3) is 3.86. The first-order valence-corrected chi connectivity index (χ1v) is 15.6. The van der Waals surface area contributed by atoms with Gasteiger partial charge in [0.05, 0.1) is 12.5 Å². The van der Waals surface area contributed by atoms with Crippen molar-refractivity contribution < 1.29 is 14.3 Å². The van der Waals surface area contributed by atoms with Crippen molar-refractivity contribution in [2.24, 2.45) is 69.0 Å². The molecule has 0 aromatic rings. The number of allylic oxidation sites excluding steroid dienone is 2. The van der Waals surface area contributed by atoms with Gasteiger partial charge in [0, 0.05) is 5.92 Å². The summed E-state index contributed by atoms with van der Waals surface area (Å²) in [7, 11) is 0. The summed E-state index contributed by atoms with van der Waals surface area (Å²) in [6.07, 6.45) is 11.5. The van der Waals surface area contributed by atoms with Crippen LogP contribution >= 0.6 is 0 Å². The Morgan fingerprint density at radius 1 is 1.00 bits per heavy atom. The number of carbonyl (C=O) groups excluding carboxylic acids is 2. The molecule has 4 fully saturated rings. The third-order valence-corrected chi connectivity index (χ3v) is 14.1. The summed E-state index contributed by atoms with van der Waals surface area (Å²) < 4.78 is 5.33. The molecule has 5 rings (SSSR count). The van der Waals surface area contributed by atoms with Crippen molar-refractivity contribution in [2.45, 2.75) is 114 Å². The molecule has 3 nitrogen and oxygen atoms in total. The van der Waals surface area contributed by atoms with E-state index in [-0.39, 0.29) is 39.5 Å². The molecule has 3 heteroatoms. The monoisotopic (exact) mass is 510 g/mol. The largest absolute Gasteiger partial charge is 0.465 e. The van der Waals surface area contributed by atoms with Gasteiger partial charge in [0.1, 0.15) is 0 Å². The van der Waals surface area contributed by atoms with Crippen LogP contribution in [0.25, 0.3) is 0 Å². The fraction of sp³-hybridized carbons (Fsp3) is 0.882. The lowest BCUT2D eigenvalue weighted by Crippen LogP contribution is -2.56. The molecular formula is C34H54O3. The van der Waals surface area contributed by atoms with Crippen molar-refractivity contribution in [2.75, 3.05) is 6.61 Å². The minimum atomic E-state index is -0.00731. The highest BCUT2D eigenvalue weighted by molar-refractivity contribution is 5.94. The van der Waals surface area contributed by atoms with Crippen LogP contribution in [0.3, 0.4) is 0 Å². The van der Waals surface area contributed by atoms with Crippen molar-refractivity contribution in [3.05, 3.63) is 11.6 Å². The zero-order valence-corrected chi connectivity index (χ0v) is 25.3. The van der Waals surface area contributed by atoms with Gasteiger partial charge in [0.15, 0.2) is 5.78 Å². The Labute approximate surface area is 227 Å². The fourth-order valence-corrected chi connectivity index (χ4v) is 10.8. The molecule has 37 heavy (non-hydrogen) atoms. The van der Waals surface area contributed by atoms with Crippen molar-refractivity contribution in [1.29, 1.82) is 0 Å². The van der Waals surface area contributed by atoms with E-state index in [4.69, 9.17) is 4.74 Å². The van der Waals surface area contributed by atoms with Gasteiger partial charge in [-0.2, -0.15) is 0 Å². The number of cyclic esters (lactones) is 1. The number of hydrogen-bond donors (Lipinski definition) is 0. The van der Waals surface area contributed by atoms with Crippen LogP contribution in [0.2, 0.25) is 0 Å². The van der Waals surface area contributed by atoms with E-state index in [0.717, 1.165) is 19.3 Å². The van der Waals surface area contributed by atoms with E-state index >= 15 is 0 Å². The van der Waals surface area contributed by atoms with Gasteiger partial charge < -0.3 is 4.74 Å². The SMILES string of the molecule is CC1C(=O)OCC[C@H]1C[C@@H](C)C(C)(C)[C@H]1CC[C@@]2(C)C3=CC(=O)[C@@H]4C[C@@H](C)[C@@H](C)C[C@]4(C)C3CC[C@]12C. The molecule has 1 aliphatic heterocycles. The maximum atomic E-state index is 13.7. The Morgan fingerprint density at radius 2 is 1.70 bits per heavy atom. The standard InChI is InChI=1S/C34H54O3/c1-20-16-27-28(35)18-26-25(32(27,7)19-21(20)2)10-13-34(9)29(11-14-33(26,34)8)31(5,6)22(3)17-24-12-15-37-30(36)23(24)4/h18,20-25,27,29H,10-17,19H2,1-9H3/t20-,21+,22-,23?,24+,25?,27+,29-,32-,33+,34-/m1/s1. The number of fused-ring (bicyclic) bond motifs is 5. The molecule has 0 aromatic carbocycles. The normalized spacial score (nSPS) is 48.9. The second-order valence-corrected chi connectivity index (χ2v) is 15.8. The topological polar surface area (TPSA) is 43.4 Å². The Morgan fingerprint density at radius 3 is 2.41 bits per heavy atom. The molecule has 11 atom stereocenters. The van der Waals surface area contributed by atoms with Crippen LogP contribution in [0.1, 0.15) is 114 Å². The van der Waals surface area contributed by atoms with Crippen LogP contribution in [-0.2, 0) is 14.3 Å². The van der Waals surface area contributed by atoms with Gasteiger partial charge in [0.25, 0.3) is 0 Å². The predicted octanol–water partition coefficient (Wildman–Crippen LogP) is 8.27. The second kappa shape index (κ2) is 8.95. The van der Waals surface area contributed by atoms with Gasteiger partial charge in [-0.05, 0) is 115 Å². The average molecular weight is 511 g/mol. The van der Waals surface area contributed by atoms with Crippen LogP contribution in [0.5, 0.6) is 0 Å². The molecule has 0 bridgehead atoms.